The first-order chi connectivity index (χ1) is 8.06. The first-order valence-corrected chi connectivity index (χ1v) is 6.76. The molecule has 0 amide bonds. The van der Waals surface area contributed by atoms with Crippen molar-refractivity contribution in [2.24, 2.45) is 0 Å². The van der Waals surface area contributed by atoms with Crippen LogP contribution in [-0.4, -0.2) is 21.2 Å². The highest BCUT2D eigenvalue weighted by molar-refractivity contribution is 7.18. The predicted octanol–water partition coefficient (Wildman–Crippen LogP) is 3.18. The Kier molecular flexibility index (Phi) is 3.45. The number of nitrogens with zero attached hydrogens (tertiary/aromatic N) is 2. The number of aryl methyl sites for hydroxylation is 2. The molecule has 3 nitrogen and oxygen atoms in total. The molecule has 0 radical (unpaired) electrons. The Morgan fingerprint density at radius 3 is 2.65 bits per heavy atom. The highest BCUT2D eigenvalue weighted by Crippen LogP contribution is 2.35. The van der Waals surface area contributed by atoms with Gasteiger partial charge in [-0.1, -0.05) is 6.92 Å². The fraction of sp³-hybridized carbons (Fsp3) is 0.538. The van der Waals surface area contributed by atoms with Gasteiger partial charge < -0.3 is 5.11 Å². The van der Waals surface area contributed by atoms with Gasteiger partial charge in [-0.15, -0.1) is 11.3 Å². The van der Waals surface area contributed by atoms with Crippen molar-refractivity contribution < 1.29 is 5.11 Å². The highest BCUT2D eigenvalue weighted by atomic mass is 32.1. The maximum atomic E-state index is 9.87. The minimum atomic E-state index is -0.377. The monoisotopic (exact) mass is 250 g/mol. The Hall–Kier alpha value is -1.00. The Morgan fingerprint density at radius 1 is 1.35 bits per heavy atom. The Morgan fingerprint density at radius 2 is 2.06 bits per heavy atom. The van der Waals surface area contributed by atoms with E-state index in [9.17, 15) is 5.11 Å². The van der Waals surface area contributed by atoms with Gasteiger partial charge in [-0.3, -0.25) is 0 Å². The van der Waals surface area contributed by atoms with E-state index in [1.807, 2.05) is 6.92 Å². The topological polar surface area (TPSA) is 46.0 Å². The molecule has 2 rings (SSSR count). The second kappa shape index (κ2) is 4.70. The number of aromatic nitrogens is 2. The maximum Gasteiger partial charge on any atom is 0.127 e. The van der Waals surface area contributed by atoms with Gasteiger partial charge in [-0.25, -0.2) is 9.97 Å². The molecule has 4 heteroatoms. The number of thiophene rings is 1. The van der Waals surface area contributed by atoms with Crippen molar-refractivity contribution in [3.8, 4) is 0 Å². The number of aliphatic hydroxyl groups excluding tert-OH is 1. The molecule has 0 aliphatic carbocycles. The largest absolute Gasteiger partial charge is 0.393 e. The maximum absolute atomic E-state index is 9.87. The van der Waals surface area contributed by atoms with E-state index in [1.54, 1.807) is 17.7 Å². The van der Waals surface area contributed by atoms with E-state index >= 15 is 0 Å². The van der Waals surface area contributed by atoms with Crippen LogP contribution in [0.4, 0.5) is 0 Å². The molecule has 2 unspecified atom stereocenters. The van der Waals surface area contributed by atoms with Gasteiger partial charge >= 0.3 is 0 Å². The van der Waals surface area contributed by atoms with Crippen molar-refractivity contribution in [2.75, 3.05) is 0 Å². The summed E-state index contributed by atoms with van der Waals surface area (Å²) >= 11 is 1.70. The zero-order valence-corrected chi connectivity index (χ0v) is 11.5. The SMILES string of the molecule is CCC(c1ncnc2sc(C)c(C)c12)C(C)O. The summed E-state index contributed by atoms with van der Waals surface area (Å²) in [6, 6.07) is 0. The first kappa shape index (κ1) is 12.5. The Labute approximate surface area is 106 Å². The van der Waals surface area contributed by atoms with Crippen molar-refractivity contribution in [3.05, 3.63) is 22.5 Å². The minimum Gasteiger partial charge on any atom is -0.393 e. The highest BCUT2D eigenvalue weighted by Gasteiger charge is 2.22. The number of aliphatic hydroxyl groups is 1. The van der Waals surface area contributed by atoms with Gasteiger partial charge in [0.2, 0.25) is 0 Å². The van der Waals surface area contributed by atoms with Crippen LogP contribution in [0.3, 0.4) is 0 Å². The molecule has 17 heavy (non-hydrogen) atoms. The molecule has 2 aromatic heterocycles. The van der Waals surface area contributed by atoms with Crippen LogP contribution in [0.25, 0.3) is 10.2 Å². The summed E-state index contributed by atoms with van der Waals surface area (Å²) in [6.07, 6.45) is 2.12. The zero-order valence-electron chi connectivity index (χ0n) is 10.7. The lowest BCUT2D eigenvalue weighted by atomic mass is 9.93. The van der Waals surface area contributed by atoms with E-state index in [2.05, 4.69) is 30.7 Å². The summed E-state index contributed by atoms with van der Waals surface area (Å²) in [7, 11) is 0. The lowest BCUT2D eigenvalue weighted by Gasteiger charge is -2.18. The van der Waals surface area contributed by atoms with Gasteiger partial charge in [0, 0.05) is 16.2 Å². The molecule has 2 aromatic rings. The van der Waals surface area contributed by atoms with Crippen LogP contribution >= 0.6 is 11.3 Å². The number of hydrogen-bond donors (Lipinski definition) is 1. The Balaban J connectivity index is 2.68. The smallest absolute Gasteiger partial charge is 0.127 e. The molecule has 0 fully saturated rings. The van der Waals surface area contributed by atoms with Gasteiger partial charge in [0.05, 0.1) is 11.8 Å². The van der Waals surface area contributed by atoms with E-state index in [0.29, 0.717) is 0 Å². The van der Waals surface area contributed by atoms with Crippen molar-refractivity contribution in [1.29, 1.82) is 0 Å². The van der Waals surface area contributed by atoms with Crippen molar-refractivity contribution >= 4 is 21.6 Å². The van der Waals surface area contributed by atoms with Crippen molar-refractivity contribution in [2.45, 2.75) is 46.1 Å². The van der Waals surface area contributed by atoms with Crippen LogP contribution in [-0.2, 0) is 0 Å². The Bertz CT molecular complexity index is 533. The van der Waals surface area contributed by atoms with E-state index in [-0.39, 0.29) is 12.0 Å². The van der Waals surface area contributed by atoms with Crippen LogP contribution in [0.2, 0.25) is 0 Å². The molecule has 0 aliphatic rings. The number of fused-ring (bicyclic) bond motifs is 1. The van der Waals surface area contributed by atoms with Crippen LogP contribution < -0.4 is 0 Å². The molecule has 0 saturated carbocycles. The average molecular weight is 250 g/mol. The van der Waals surface area contributed by atoms with Crippen LogP contribution in [0, 0.1) is 13.8 Å². The van der Waals surface area contributed by atoms with Gasteiger partial charge in [-0.05, 0) is 32.8 Å². The molecule has 2 heterocycles. The summed E-state index contributed by atoms with van der Waals surface area (Å²) in [5.74, 6) is 0.0909. The minimum absolute atomic E-state index is 0.0909. The van der Waals surface area contributed by atoms with Crippen LogP contribution in [0.5, 0.6) is 0 Å². The zero-order chi connectivity index (χ0) is 12.6. The second-order valence-corrected chi connectivity index (χ2v) is 5.68. The molecule has 0 spiro atoms. The summed E-state index contributed by atoms with van der Waals surface area (Å²) in [6.45, 7) is 8.13. The summed E-state index contributed by atoms with van der Waals surface area (Å²) in [5.41, 5.74) is 2.24. The summed E-state index contributed by atoms with van der Waals surface area (Å²) in [4.78, 5) is 11.0. The van der Waals surface area contributed by atoms with E-state index in [4.69, 9.17) is 0 Å². The number of rotatable bonds is 3. The van der Waals surface area contributed by atoms with E-state index in [0.717, 1.165) is 22.3 Å². The molecule has 0 aromatic carbocycles. The normalized spacial score (nSPS) is 15.1. The molecular formula is C13H18N2OS. The second-order valence-electron chi connectivity index (χ2n) is 4.48. The molecular weight excluding hydrogens is 232 g/mol. The van der Waals surface area contributed by atoms with E-state index < -0.39 is 0 Å². The van der Waals surface area contributed by atoms with E-state index in [1.165, 1.54) is 10.4 Å². The molecule has 92 valence electrons. The molecule has 0 saturated heterocycles. The molecule has 2 atom stereocenters. The van der Waals surface area contributed by atoms with Crippen molar-refractivity contribution in [1.82, 2.24) is 9.97 Å². The molecule has 1 N–H and O–H groups in total. The lowest BCUT2D eigenvalue weighted by molar-refractivity contribution is 0.158. The van der Waals surface area contributed by atoms with Gasteiger partial charge in [-0.2, -0.15) is 0 Å². The molecule has 0 aliphatic heterocycles. The quantitative estimate of drug-likeness (QED) is 0.910. The van der Waals surface area contributed by atoms with Crippen molar-refractivity contribution in [3.63, 3.8) is 0 Å². The third-order valence-electron chi connectivity index (χ3n) is 3.37. The van der Waals surface area contributed by atoms with Crippen LogP contribution in [0.1, 0.15) is 42.3 Å². The van der Waals surface area contributed by atoms with Crippen LogP contribution in [0.15, 0.2) is 6.33 Å². The third-order valence-corrected chi connectivity index (χ3v) is 4.48. The van der Waals surface area contributed by atoms with Gasteiger partial charge in [0.25, 0.3) is 0 Å². The third kappa shape index (κ3) is 2.07. The standard InChI is InChI=1S/C13H18N2OS/c1-5-10(8(3)16)12-11-7(2)9(4)17-13(11)15-6-14-12/h6,8,10,16H,5H2,1-4H3. The average Bonchev–Trinajstić information content (AvgIpc) is 2.56. The first-order valence-electron chi connectivity index (χ1n) is 5.94. The summed E-state index contributed by atoms with van der Waals surface area (Å²) in [5, 5.41) is 11.0. The summed E-state index contributed by atoms with van der Waals surface area (Å²) < 4.78 is 0. The van der Waals surface area contributed by atoms with Gasteiger partial charge in [0.1, 0.15) is 11.2 Å². The number of hydrogen-bond acceptors (Lipinski definition) is 4. The van der Waals surface area contributed by atoms with Gasteiger partial charge in [0.15, 0.2) is 0 Å². The predicted molar refractivity (Wildman–Crippen MR) is 71.6 cm³/mol. The molecule has 0 bridgehead atoms. The lowest BCUT2D eigenvalue weighted by Crippen LogP contribution is -2.15. The fourth-order valence-corrected chi connectivity index (χ4v) is 3.26. The fourth-order valence-electron chi connectivity index (χ4n) is 2.25.